The molecule has 26 heavy (non-hydrogen) atoms. The maximum Gasteiger partial charge on any atom is 0.407 e. The number of fused-ring (bicyclic) bond motifs is 1. The molecule has 1 atom stereocenters. The van der Waals surface area contributed by atoms with Crippen molar-refractivity contribution in [2.45, 2.75) is 45.8 Å². The number of benzene rings is 2. The van der Waals surface area contributed by atoms with Gasteiger partial charge in [0.2, 0.25) is 0 Å². The molecule has 1 heterocycles. The number of aryl methyl sites for hydroxylation is 1. The average molecular weight is 374 g/mol. The van der Waals surface area contributed by atoms with Crippen molar-refractivity contribution in [3.8, 4) is 16.9 Å². The molecule has 1 aliphatic rings. The number of carbonyl (C=O) groups excluding carboxylic acids is 1. The molecule has 4 nitrogen and oxygen atoms in total. The number of alkyl carbamates (subject to hydrolysis) is 1. The Balaban J connectivity index is 1.68. The molecule has 0 aliphatic carbocycles. The molecule has 2 aromatic rings. The largest absolute Gasteiger partial charge is 0.486 e. The van der Waals surface area contributed by atoms with Crippen molar-refractivity contribution in [2.75, 3.05) is 6.54 Å². The first-order valence-corrected chi connectivity index (χ1v) is 9.12. The van der Waals surface area contributed by atoms with E-state index in [1.807, 2.05) is 26.8 Å². The molecule has 1 amide bonds. The van der Waals surface area contributed by atoms with Crippen molar-refractivity contribution in [1.29, 1.82) is 0 Å². The fourth-order valence-corrected chi connectivity index (χ4v) is 3.21. The molecule has 0 spiro atoms. The molecule has 1 N–H and O–H groups in total. The van der Waals surface area contributed by atoms with Gasteiger partial charge in [-0.3, -0.25) is 0 Å². The molecule has 0 aromatic heterocycles. The van der Waals surface area contributed by atoms with Crippen LogP contribution in [0.15, 0.2) is 36.4 Å². The minimum absolute atomic E-state index is 0.150. The Hall–Kier alpha value is -2.20. The summed E-state index contributed by atoms with van der Waals surface area (Å²) in [5, 5.41) is 3.35. The summed E-state index contributed by atoms with van der Waals surface area (Å²) in [6.07, 6.45) is 0.108. The molecule has 0 saturated carbocycles. The van der Waals surface area contributed by atoms with Gasteiger partial charge < -0.3 is 14.8 Å². The fraction of sp³-hybridized carbons (Fsp3) is 0.381. The van der Waals surface area contributed by atoms with Crippen LogP contribution in [0, 0.1) is 6.92 Å². The standard InChI is InChI=1S/C21H24ClNO3/c1-13-5-7-14(8-6-13)15-9-16-10-17(25-19(16)18(22)11-15)12-23-20(24)26-21(2,3)4/h5-9,11,17H,10,12H2,1-4H3,(H,23,24). The van der Waals surface area contributed by atoms with Crippen LogP contribution in [0.1, 0.15) is 31.9 Å². The molecule has 0 radical (unpaired) electrons. The first-order valence-electron chi connectivity index (χ1n) is 8.74. The zero-order valence-electron chi connectivity index (χ0n) is 15.6. The lowest BCUT2D eigenvalue weighted by Crippen LogP contribution is -2.38. The van der Waals surface area contributed by atoms with E-state index in [9.17, 15) is 4.79 Å². The monoisotopic (exact) mass is 373 g/mol. The van der Waals surface area contributed by atoms with Crippen LogP contribution in [0.25, 0.3) is 11.1 Å². The minimum Gasteiger partial charge on any atom is -0.486 e. The molecule has 5 heteroatoms. The van der Waals surface area contributed by atoms with Gasteiger partial charge in [0.1, 0.15) is 17.5 Å². The van der Waals surface area contributed by atoms with Gasteiger partial charge in [-0.2, -0.15) is 0 Å². The van der Waals surface area contributed by atoms with Crippen molar-refractivity contribution in [3.05, 3.63) is 52.5 Å². The molecule has 0 bridgehead atoms. The van der Waals surface area contributed by atoms with Crippen LogP contribution >= 0.6 is 11.6 Å². The van der Waals surface area contributed by atoms with Crippen LogP contribution in [0.2, 0.25) is 5.02 Å². The van der Waals surface area contributed by atoms with Crippen molar-refractivity contribution < 1.29 is 14.3 Å². The highest BCUT2D eigenvalue weighted by Gasteiger charge is 2.27. The van der Waals surface area contributed by atoms with E-state index in [1.54, 1.807) is 0 Å². The summed E-state index contributed by atoms with van der Waals surface area (Å²) >= 11 is 6.43. The Labute approximate surface area is 159 Å². The maximum atomic E-state index is 11.8. The van der Waals surface area contributed by atoms with Gasteiger partial charge in [-0.25, -0.2) is 4.79 Å². The summed E-state index contributed by atoms with van der Waals surface area (Å²) in [5.41, 5.74) is 3.95. The van der Waals surface area contributed by atoms with Crippen LogP contribution in [-0.2, 0) is 11.2 Å². The number of halogens is 1. The van der Waals surface area contributed by atoms with Crippen LogP contribution < -0.4 is 10.1 Å². The minimum atomic E-state index is -0.518. The van der Waals surface area contributed by atoms with Crippen molar-refractivity contribution in [2.24, 2.45) is 0 Å². The number of nitrogens with one attached hydrogen (secondary N) is 1. The van der Waals surface area contributed by atoms with E-state index >= 15 is 0 Å². The van der Waals surface area contributed by atoms with Crippen LogP contribution in [-0.4, -0.2) is 24.3 Å². The lowest BCUT2D eigenvalue weighted by Gasteiger charge is -2.20. The molecule has 3 rings (SSSR count). The summed E-state index contributed by atoms with van der Waals surface area (Å²) in [6, 6.07) is 12.4. The fourth-order valence-electron chi connectivity index (χ4n) is 2.93. The lowest BCUT2D eigenvalue weighted by molar-refractivity contribution is 0.0506. The number of hydrogen-bond acceptors (Lipinski definition) is 3. The van der Waals surface area contributed by atoms with Gasteiger partial charge in [0.15, 0.2) is 0 Å². The third-order valence-electron chi connectivity index (χ3n) is 4.11. The molecule has 0 saturated heterocycles. The third-order valence-corrected chi connectivity index (χ3v) is 4.39. The first kappa shape index (κ1) is 18.6. The summed E-state index contributed by atoms with van der Waals surface area (Å²) in [7, 11) is 0. The van der Waals surface area contributed by atoms with E-state index in [2.05, 4.69) is 42.6 Å². The summed E-state index contributed by atoms with van der Waals surface area (Å²) in [6.45, 7) is 7.94. The Bertz CT molecular complexity index is 809. The maximum absolute atomic E-state index is 11.8. The van der Waals surface area contributed by atoms with E-state index in [4.69, 9.17) is 21.1 Å². The Morgan fingerprint density at radius 1 is 1.23 bits per heavy atom. The molecule has 0 fully saturated rings. The molecular weight excluding hydrogens is 350 g/mol. The predicted molar refractivity (Wildman–Crippen MR) is 104 cm³/mol. The van der Waals surface area contributed by atoms with Crippen molar-refractivity contribution >= 4 is 17.7 Å². The van der Waals surface area contributed by atoms with E-state index in [-0.39, 0.29) is 6.10 Å². The highest BCUT2D eigenvalue weighted by molar-refractivity contribution is 6.32. The first-order chi connectivity index (χ1) is 12.2. The van der Waals surface area contributed by atoms with Crippen LogP contribution in [0.5, 0.6) is 5.75 Å². The number of carbonyl (C=O) groups is 1. The van der Waals surface area contributed by atoms with Gasteiger partial charge in [0, 0.05) is 12.0 Å². The Kier molecular flexibility index (Phi) is 5.15. The zero-order chi connectivity index (χ0) is 18.9. The van der Waals surface area contributed by atoms with E-state index in [0.717, 1.165) is 16.7 Å². The van der Waals surface area contributed by atoms with Gasteiger partial charge in [0.25, 0.3) is 0 Å². The van der Waals surface area contributed by atoms with E-state index in [0.29, 0.717) is 23.7 Å². The lowest BCUT2D eigenvalue weighted by atomic mass is 10.00. The van der Waals surface area contributed by atoms with Crippen molar-refractivity contribution in [3.63, 3.8) is 0 Å². The number of rotatable bonds is 3. The van der Waals surface area contributed by atoms with Crippen LogP contribution in [0.3, 0.4) is 0 Å². The summed E-state index contributed by atoms with van der Waals surface area (Å²) in [4.78, 5) is 11.8. The second-order valence-electron chi connectivity index (χ2n) is 7.64. The normalized spacial score (nSPS) is 16.0. The topological polar surface area (TPSA) is 47.6 Å². The van der Waals surface area contributed by atoms with E-state index in [1.165, 1.54) is 5.56 Å². The quantitative estimate of drug-likeness (QED) is 0.809. The predicted octanol–water partition coefficient (Wildman–Crippen LogP) is 5.14. The molecular formula is C21H24ClNO3. The van der Waals surface area contributed by atoms with E-state index < -0.39 is 11.7 Å². The SMILES string of the molecule is Cc1ccc(-c2cc(Cl)c3c(c2)CC(CNC(=O)OC(C)(C)C)O3)cc1. The van der Waals surface area contributed by atoms with Gasteiger partial charge in [-0.05, 0) is 51.0 Å². The number of ether oxygens (including phenoxy) is 2. The highest BCUT2D eigenvalue weighted by atomic mass is 35.5. The molecule has 2 aromatic carbocycles. The number of amides is 1. The summed E-state index contributed by atoms with van der Waals surface area (Å²) in [5.74, 6) is 0.707. The molecule has 138 valence electrons. The van der Waals surface area contributed by atoms with Gasteiger partial charge in [-0.15, -0.1) is 0 Å². The molecule has 1 aliphatic heterocycles. The Morgan fingerprint density at radius 2 is 1.92 bits per heavy atom. The number of hydrogen-bond donors (Lipinski definition) is 1. The third kappa shape index (κ3) is 4.50. The van der Waals surface area contributed by atoms with Gasteiger partial charge >= 0.3 is 6.09 Å². The summed E-state index contributed by atoms with van der Waals surface area (Å²) < 4.78 is 11.2. The smallest absolute Gasteiger partial charge is 0.407 e. The zero-order valence-corrected chi connectivity index (χ0v) is 16.3. The average Bonchev–Trinajstić information content (AvgIpc) is 2.96. The van der Waals surface area contributed by atoms with Gasteiger partial charge in [0.05, 0.1) is 11.6 Å². The highest BCUT2D eigenvalue weighted by Crippen LogP contribution is 2.39. The molecule has 1 unspecified atom stereocenters. The Morgan fingerprint density at radius 3 is 2.58 bits per heavy atom. The van der Waals surface area contributed by atoms with Crippen molar-refractivity contribution in [1.82, 2.24) is 5.32 Å². The second-order valence-corrected chi connectivity index (χ2v) is 8.05. The second kappa shape index (κ2) is 7.20. The van der Waals surface area contributed by atoms with Gasteiger partial charge in [-0.1, -0.05) is 41.4 Å². The van der Waals surface area contributed by atoms with Crippen LogP contribution in [0.4, 0.5) is 4.79 Å².